The van der Waals surface area contributed by atoms with Crippen LogP contribution in [0.1, 0.15) is 38.3 Å². The molecule has 0 aliphatic heterocycles. The fourth-order valence-electron chi connectivity index (χ4n) is 2.52. The molecular formula is C12H19N3O. The van der Waals surface area contributed by atoms with E-state index in [-0.39, 0.29) is 5.54 Å². The van der Waals surface area contributed by atoms with Crippen molar-refractivity contribution < 1.29 is 4.74 Å². The Hall–Kier alpha value is -1.16. The van der Waals surface area contributed by atoms with Gasteiger partial charge in [-0.05, 0) is 18.8 Å². The van der Waals surface area contributed by atoms with Gasteiger partial charge in [0.05, 0.1) is 12.6 Å². The zero-order valence-electron chi connectivity index (χ0n) is 9.94. The van der Waals surface area contributed by atoms with E-state index >= 15 is 0 Å². The van der Waals surface area contributed by atoms with Gasteiger partial charge < -0.3 is 10.5 Å². The topological polar surface area (TPSA) is 61.0 Å². The smallest absolute Gasteiger partial charge is 0.237 e. The lowest BCUT2D eigenvalue weighted by Crippen LogP contribution is -2.46. The number of aromatic nitrogens is 2. The number of hydrogen-bond donors (Lipinski definition) is 1. The normalized spacial score (nSPS) is 30.1. The summed E-state index contributed by atoms with van der Waals surface area (Å²) in [7, 11) is 1.62. The molecule has 1 saturated carbocycles. The predicted octanol–water partition coefficient (Wildman–Crippen LogP) is 1.85. The third kappa shape index (κ3) is 1.78. The Balaban J connectivity index is 2.40. The molecule has 2 unspecified atom stereocenters. The van der Waals surface area contributed by atoms with E-state index in [1.165, 1.54) is 6.42 Å². The Morgan fingerprint density at radius 2 is 2.12 bits per heavy atom. The van der Waals surface area contributed by atoms with Crippen LogP contribution in [0.2, 0.25) is 0 Å². The van der Waals surface area contributed by atoms with Gasteiger partial charge in [-0.15, -0.1) is 0 Å². The Morgan fingerprint density at radius 1 is 1.38 bits per heavy atom. The lowest BCUT2D eigenvalue weighted by atomic mass is 9.72. The standard InChI is InChI=1S/C12H19N3O/c1-9-5-3-4-6-12(9,13)10-11(16-2)15-8-7-14-10/h7-9H,3-6,13H2,1-2H3. The molecule has 0 radical (unpaired) electrons. The summed E-state index contributed by atoms with van der Waals surface area (Å²) in [6.07, 6.45) is 7.84. The van der Waals surface area contributed by atoms with Crippen LogP contribution in [0.25, 0.3) is 0 Å². The van der Waals surface area contributed by atoms with Crippen LogP contribution < -0.4 is 10.5 Å². The number of rotatable bonds is 2. The molecule has 1 heterocycles. The highest BCUT2D eigenvalue weighted by molar-refractivity contribution is 5.27. The van der Waals surface area contributed by atoms with Gasteiger partial charge in [-0.1, -0.05) is 19.8 Å². The van der Waals surface area contributed by atoms with Crippen molar-refractivity contribution in [2.45, 2.75) is 38.1 Å². The minimum Gasteiger partial charge on any atom is -0.480 e. The molecule has 1 aliphatic carbocycles. The molecule has 0 spiro atoms. The first-order valence-corrected chi connectivity index (χ1v) is 5.83. The molecule has 4 nitrogen and oxygen atoms in total. The first-order valence-electron chi connectivity index (χ1n) is 5.83. The molecule has 1 aliphatic rings. The van der Waals surface area contributed by atoms with E-state index in [9.17, 15) is 0 Å². The Labute approximate surface area is 96.2 Å². The molecule has 1 aromatic rings. The summed E-state index contributed by atoms with van der Waals surface area (Å²) < 4.78 is 5.26. The zero-order chi connectivity index (χ0) is 11.6. The Morgan fingerprint density at radius 3 is 2.81 bits per heavy atom. The van der Waals surface area contributed by atoms with E-state index in [2.05, 4.69) is 16.9 Å². The molecule has 16 heavy (non-hydrogen) atoms. The second kappa shape index (κ2) is 4.37. The molecule has 88 valence electrons. The van der Waals surface area contributed by atoms with Crippen LogP contribution in [0.15, 0.2) is 12.4 Å². The van der Waals surface area contributed by atoms with Gasteiger partial charge in [0.2, 0.25) is 5.88 Å². The van der Waals surface area contributed by atoms with Gasteiger partial charge in [0.1, 0.15) is 5.69 Å². The largest absolute Gasteiger partial charge is 0.480 e. The molecule has 2 rings (SSSR count). The summed E-state index contributed by atoms with van der Waals surface area (Å²) >= 11 is 0. The SMILES string of the molecule is COc1nccnc1C1(N)CCCCC1C. The van der Waals surface area contributed by atoms with E-state index in [4.69, 9.17) is 10.5 Å². The average molecular weight is 221 g/mol. The van der Waals surface area contributed by atoms with E-state index in [0.717, 1.165) is 25.0 Å². The summed E-state index contributed by atoms with van der Waals surface area (Å²) in [5, 5.41) is 0. The van der Waals surface area contributed by atoms with Gasteiger partial charge in [-0.2, -0.15) is 0 Å². The van der Waals surface area contributed by atoms with Crippen molar-refractivity contribution in [2.24, 2.45) is 11.7 Å². The number of hydrogen-bond acceptors (Lipinski definition) is 4. The van der Waals surface area contributed by atoms with Gasteiger partial charge in [-0.3, -0.25) is 4.98 Å². The van der Waals surface area contributed by atoms with E-state index < -0.39 is 0 Å². The summed E-state index contributed by atoms with van der Waals surface area (Å²) in [5.41, 5.74) is 6.95. The second-order valence-corrected chi connectivity index (χ2v) is 4.60. The molecule has 0 bridgehead atoms. The maximum absolute atomic E-state index is 6.52. The van der Waals surface area contributed by atoms with E-state index in [1.807, 2.05) is 0 Å². The van der Waals surface area contributed by atoms with Gasteiger partial charge in [0.25, 0.3) is 0 Å². The molecule has 4 heteroatoms. The fourth-order valence-corrected chi connectivity index (χ4v) is 2.52. The lowest BCUT2D eigenvalue weighted by molar-refractivity contribution is 0.193. The van der Waals surface area contributed by atoms with Crippen LogP contribution in [-0.2, 0) is 5.54 Å². The first kappa shape index (κ1) is 11.3. The van der Waals surface area contributed by atoms with Gasteiger partial charge >= 0.3 is 0 Å². The molecule has 1 aromatic heterocycles. The summed E-state index contributed by atoms with van der Waals surface area (Å²) in [5.74, 6) is 0.991. The maximum Gasteiger partial charge on any atom is 0.237 e. The first-order chi connectivity index (χ1) is 7.68. The van der Waals surface area contributed by atoms with Crippen molar-refractivity contribution in [2.75, 3.05) is 7.11 Å². The lowest BCUT2D eigenvalue weighted by Gasteiger charge is -2.39. The summed E-state index contributed by atoms with van der Waals surface area (Å²) in [6, 6.07) is 0. The summed E-state index contributed by atoms with van der Waals surface area (Å²) in [6.45, 7) is 2.19. The van der Waals surface area contributed by atoms with Gasteiger partial charge in [0.15, 0.2) is 0 Å². The minimum absolute atomic E-state index is 0.377. The number of ether oxygens (including phenoxy) is 1. The van der Waals surface area contributed by atoms with Crippen molar-refractivity contribution in [3.8, 4) is 5.88 Å². The molecule has 2 atom stereocenters. The van der Waals surface area contributed by atoms with Crippen molar-refractivity contribution in [1.82, 2.24) is 9.97 Å². The fraction of sp³-hybridized carbons (Fsp3) is 0.667. The third-order valence-corrected chi connectivity index (χ3v) is 3.66. The van der Waals surface area contributed by atoms with Crippen LogP contribution in [0.3, 0.4) is 0 Å². The quantitative estimate of drug-likeness (QED) is 0.828. The van der Waals surface area contributed by atoms with Crippen LogP contribution in [0.5, 0.6) is 5.88 Å². The monoisotopic (exact) mass is 221 g/mol. The number of nitrogens with two attached hydrogens (primary N) is 1. The molecule has 2 N–H and O–H groups in total. The van der Waals surface area contributed by atoms with E-state index in [1.54, 1.807) is 19.5 Å². The highest BCUT2D eigenvalue weighted by Crippen LogP contribution is 2.40. The van der Waals surface area contributed by atoms with Gasteiger partial charge in [0, 0.05) is 12.4 Å². The van der Waals surface area contributed by atoms with Crippen molar-refractivity contribution >= 4 is 0 Å². The van der Waals surface area contributed by atoms with Crippen LogP contribution in [-0.4, -0.2) is 17.1 Å². The highest BCUT2D eigenvalue weighted by Gasteiger charge is 2.39. The van der Waals surface area contributed by atoms with Crippen molar-refractivity contribution in [1.29, 1.82) is 0 Å². The van der Waals surface area contributed by atoms with E-state index in [0.29, 0.717) is 11.8 Å². The molecule has 0 saturated heterocycles. The highest BCUT2D eigenvalue weighted by atomic mass is 16.5. The minimum atomic E-state index is -0.377. The average Bonchev–Trinajstić information content (AvgIpc) is 2.33. The Kier molecular flexibility index (Phi) is 3.10. The van der Waals surface area contributed by atoms with Crippen LogP contribution in [0, 0.1) is 5.92 Å². The third-order valence-electron chi connectivity index (χ3n) is 3.66. The Bertz CT molecular complexity index is 369. The molecular weight excluding hydrogens is 202 g/mol. The van der Waals surface area contributed by atoms with Crippen LogP contribution >= 0.6 is 0 Å². The van der Waals surface area contributed by atoms with Crippen LogP contribution in [0.4, 0.5) is 0 Å². The predicted molar refractivity (Wildman–Crippen MR) is 62.1 cm³/mol. The van der Waals surface area contributed by atoms with Crippen molar-refractivity contribution in [3.63, 3.8) is 0 Å². The molecule has 0 amide bonds. The second-order valence-electron chi connectivity index (χ2n) is 4.60. The molecule has 0 aromatic carbocycles. The van der Waals surface area contributed by atoms with Crippen molar-refractivity contribution in [3.05, 3.63) is 18.1 Å². The zero-order valence-corrected chi connectivity index (χ0v) is 9.94. The van der Waals surface area contributed by atoms with Gasteiger partial charge in [-0.25, -0.2) is 4.98 Å². The summed E-state index contributed by atoms with van der Waals surface area (Å²) in [4.78, 5) is 8.57. The number of nitrogens with zero attached hydrogens (tertiary/aromatic N) is 2. The number of methoxy groups -OCH3 is 1. The molecule has 1 fully saturated rings. The maximum atomic E-state index is 6.52.